The highest BCUT2D eigenvalue weighted by molar-refractivity contribution is 5.74. The first kappa shape index (κ1) is 13.8. The lowest BCUT2D eigenvalue weighted by Gasteiger charge is -2.32. The summed E-state index contributed by atoms with van der Waals surface area (Å²) >= 11 is 0. The first-order valence-electron chi connectivity index (χ1n) is 6.40. The van der Waals surface area contributed by atoms with Crippen molar-refractivity contribution in [1.29, 1.82) is 0 Å². The number of nitrogens with one attached hydrogen (secondary N) is 2. The van der Waals surface area contributed by atoms with Gasteiger partial charge in [-0.3, -0.25) is 4.79 Å². The van der Waals surface area contributed by atoms with E-state index in [1.165, 1.54) is 6.92 Å². The van der Waals surface area contributed by atoms with Crippen molar-refractivity contribution in [2.24, 2.45) is 5.92 Å². The molecule has 1 rings (SSSR count). The molecule has 3 amide bonds. The van der Waals surface area contributed by atoms with Gasteiger partial charge in [-0.1, -0.05) is 6.92 Å². The molecule has 0 radical (unpaired) electrons. The Morgan fingerprint density at radius 3 is 2.41 bits per heavy atom. The number of nitrogens with zero attached hydrogens (tertiary/aromatic N) is 1. The van der Waals surface area contributed by atoms with E-state index in [9.17, 15) is 9.59 Å². The molecule has 98 valence electrons. The fourth-order valence-corrected chi connectivity index (χ4v) is 1.97. The molecule has 0 saturated carbocycles. The highest BCUT2D eigenvalue weighted by Crippen LogP contribution is 2.16. The van der Waals surface area contributed by atoms with Crippen molar-refractivity contribution in [3.63, 3.8) is 0 Å². The molecule has 1 fully saturated rings. The largest absolute Gasteiger partial charge is 0.356 e. The zero-order valence-corrected chi connectivity index (χ0v) is 10.8. The molecule has 0 bridgehead atoms. The molecule has 2 N–H and O–H groups in total. The predicted octanol–water partition coefficient (Wildman–Crippen LogP) is 0.954. The topological polar surface area (TPSA) is 61.4 Å². The second-order valence-electron chi connectivity index (χ2n) is 4.60. The lowest BCUT2D eigenvalue weighted by molar-refractivity contribution is -0.119. The third-order valence-electron chi connectivity index (χ3n) is 3.07. The monoisotopic (exact) mass is 241 g/mol. The molecule has 1 aliphatic rings. The van der Waals surface area contributed by atoms with E-state index >= 15 is 0 Å². The summed E-state index contributed by atoms with van der Waals surface area (Å²) in [7, 11) is 0. The van der Waals surface area contributed by atoms with Gasteiger partial charge in [0.15, 0.2) is 0 Å². The minimum Gasteiger partial charge on any atom is -0.356 e. The van der Waals surface area contributed by atoms with Crippen LogP contribution in [0.15, 0.2) is 0 Å². The maximum absolute atomic E-state index is 11.7. The fourth-order valence-electron chi connectivity index (χ4n) is 1.97. The maximum Gasteiger partial charge on any atom is 0.317 e. The molecule has 1 aliphatic heterocycles. The van der Waals surface area contributed by atoms with Crippen molar-refractivity contribution in [3.05, 3.63) is 0 Å². The molecule has 1 heterocycles. The highest BCUT2D eigenvalue weighted by Gasteiger charge is 2.22. The third kappa shape index (κ3) is 5.06. The van der Waals surface area contributed by atoms with Crippen LogP contribution >= 0.6 is 0 Å². The first-order valence-corrected chi connectivity index (χ1v) is 6.40. The summed E-state index contributed by atoms with van der Waals surface area (Å²) in [5.41, 5.74) is 0. The Morgan fingerprint density at radius 1 is 1.24 bits per heavy atom. The van der Waals surface area contributed by atoms with Gasteiger partial charge in [-0.15, -0.1) is 0 Å². The Kier molecular flexibility index (Phi) is 5.80. The summed E-state index contributed by atoms with van der Waals surface area (Å²) < 4.78 is 0. The molecule has 0 atom stereocenters. The number of carbonyl (C=O) groups excluding carboxylic acids is 2. The summed E-state index contributed by atoms with van der Waals surface area (Å²) in [4.78, 5) is 24.3. The van der Waals surface area contributed by atoms with Crippen molar-refractivity contribution in [3.8, 4) is 0 Å². The van der Waals surface area contributed by atoms with Crippen LogP contribution in [0.3, 0.4) is 0 Å². The normalized spacial score (nSPS) is 16.7. The van der Waals surface area contributed by atoms with E-state index in [1.807, 2.05) is 11.8 Å². The van der Waals surface area contributed by atoms with Crippen LogP contribution in [0.4, 0.5) is 4.79 Å². The first-order chi connectivity index (χ1) is 8.13. The smallest absolute Gasteiger partial charge is 0.317 e. The van der Waals surface area contributed by atoms with Crippen molar-refractivity contribution in [2.45, 2.75) is 33.1 Å². The Hall–Kier alpha value is -1.26. The maximum atomic E-state index is 11.7. The Morgan fingerprint density at radius 2 is 1.88 bits per heavy atom. The molecular weight excluding hydrogens is 218 g/mol. The van der Waals surface area contributed by atoms with Crippen molar-refractivity contribution in [2.75, 3.05) is 26.2 Å². The number of hydrogen-bond acceptors (Lipinski definition) is 2. The van der Waals surface area contributed by atoms with Gasteiger partial charge in [0.2, 0.25) is 5.91 Å². The standard InChI is InChI=1S/C12H23N3O2/c1-3-6-13-12(17)15-7-4-11(5-8-15)9-14-10(2)16/h11H,3-9H2,1-2H3,(H,13,17)(H,14,16). The predicted molar refractivity (Wildman–Crippen MR) is 66.7 cm³/mol. The minimum atomic E-state index is 0.0214. The quantitative estimate of drug-likeness (QED) is 0.770. The van der Waals surface area contributed by atoms with Gasteiger partial charge in [0.05, 0.1) is 0 Å². The summed E-state index contributed by atoms with van der Waals surface area (Å²) in [5, 5.41) is 5.72. The molecule has 17 heavy (non-hydrogen) atoms. The van der Waals surface area contributed by atoms with Gasteiger partial charge in [0.1, 0.15) is 0 Å². The van der Waals surface area contributed by atoms with Crippen LogP contribution in [0, 0.1) is 5.92 Å². The molecule has 0 spiro atoms. The van der Waals surface area contributed by atoms with Gasteiger partial charge in [-0.25, -0.2) is 4.79 Å². The summed E-state index contributed by atoms with van der Waals surface area (Å²) in [6.07, 6.45) is 2.91. The van der Waals surface area contributed by atoms with E-state index in [4.69, 9.17) is 0 Å². The fraction of sp³-hybridized carbons (Fsp3) is 0.833. The molecular formula is C12H23N3O2. The van der Waals surface area contributed by atoms with Crippen LogP contribution in [-0.4, -0.2) is 43.0 Å². The average molecular weight is 241 g/mol. The van der Waals surface area contributed by atoms with E-state index in [-0.39, 0.29) is 11.9 Å². The number of urea groups is 1. The second kappa shape index (κ2) is 7.14. The summed E-state index contributed by atoms with van der Waals surface area (Å²) in [6, 6.07) is 0.0461. The van der Waals surface area contributed by atoms with Gasteiger partial charge < -0.3 is 15.5 Å². The SMILES string of the molecule is CCCNC(=O)N1CCC(CNC(C)=O)CC1. The van der Waals surface area contributed by atoms with Crippen molar-refractivity contribution < 1.29 is 9.59 Å². The number of amides is 3. The zero-order valence-electron chi connectivity index (χ0n) is 10.8. The number of rotatable bonds is 4. The van der Waals surface area contributed by atoms with Gasteiger partial charge in [-0.2, -0.15) is 0 Å². The number of likely N-dealkylation sites (tertiary alicyclic amines) is 1. The van der Waals surface area contributed by atoms with Crippen LogP contribution in [0.1, 0.15) is 33.1 Å². The highest BCUT2D eigenvalue weighted by atomic mass is 16.2. The molecule has 0 aromatic rings. The zero-order chi connectivity index (χ0) is 12.7. The third-order valence-corrected chi connectivity index (χ3v) is 3.07. The average Bonchev–Trinajstić information content (AvgIpc) is 2.34. The van der Waals surface area contributed by atoms with Crippen molar-refractivity contribution in [1.82, 2.24) is 15.5 Å². The Labute approximate surface area is 103 Å². The van der Waals surface area contributed by atoms with E-state index in [0.29, 0.717) is 5.92 Å². The van der Waals surface area contributed by atoms with Crippen LogP contribution in [0.2, 0.25) is 0 Å². The summed E-state index contributed by atoms with van der Waals surface area (Å²) in [6.45, 7) is 6.64. The van der Waals surface area contributed by atoms with E-state index in [0.717, 1.165) is 45.4 Å². The van der Waals surface area contributed by atoms with Gasteiger partial charge in [0.25, 0.3) is 0 Å². The van der Waals surface area contributed by atoms with E-state index in [2.05, 4.69) is 10.6 Å². The molecule has 0 aromatic heterocycles. The van der Waals surface area contributed by atoms with Gasteiger partial charge >= 0.3 is 6.03 Å². The molecule has 0 aliphatic carbocycles. The van der Waals surface area contributed by atoms with Crippen LogP contribution < -0.4 is 10.6 Å². The number of hydrogen-bond donors (Lipinski definition) is 2. The van der Waals surface area contributed by atoms with Crippen molar-refractivity contribution >= 4 is 11.9 Å². The number of carbonyl (C=O) groups is 2. The minimum absolute atomic E-state index is 0.0214. The molecule has 1 saturated heterocycles. The van der Waals surface area contributed by atoms with Crippen LogP contribution in [0.25, 0.3) is 0 Å². The molecule has 0 aromatic carbocycles. The lowest BCUT2D eigenvalue weighted by atomic mass is 9.97. The molecule has 0 unspecified atom stereocenters. The van der Waals surface area contributed by atoms with E-state index in [1.54, 1.807) is 0 Å². The second-order valence-corrected chi connectivity index (χ2v) is 4.60. The molecule has 5 heteroatoms. The molecule has 5 nitrogen and oxygen atoms in total. The van der Waals surface area contributed by atoms with Crippen LogP contribution in [0.5, 0.6) is 0 Å². The Bertz CT molecular complexity index is 260. The Balaban J connectivity index is 2.20. The van der Waals surface area contributed by atoms with Gasteiger partial charge in [0, 0.05) is 33.1 Å². The van der Waals surface area contributed by atoms with Crippen LogP contribution in [-0.2, 0) is 4.79 Å². The summed E-state index contributed by atoms with van der Waals surface area (Å²) in [5.74, 6) is 0.530. The lowest BCUT2D eigenvalue weighted by Crippen LogP contribution is -2.46. The number of piperidine rings is 1. The van der Waals surface area contributed by atoms with Gasteiger partial charge in [-0.05, 0) is 25.2 Å². The van der Waals surface area contributed by atoms with E-state index < -0.39 is 0 Å².